The minimum Gasteiger partial charge on any atom is -0.371 e. The summed E-state index contributed by atoms with van der Waals surface area (Å²) in [6.45, 7) is 10.8. The first kappa shape index (κ1) is 18.5. The van der Waals surface area contributed by atoms with Crippen LogP contribution in [0.15, 0.2) is 54.6 Å². The second-order valence-corrected chi connectivity index (χ2v) is 8.12. The van der Waals surface area contributed by atoms with Crippen molar-refractivity contribution in [1.29, 1.82) is 0 Å². The molecular formula is C24H33N3. The van der Waals surface area contributed by atoms with Gasteiger partial charge >= 0.3 is 0 Å². The largest absolute Gasteiger partial charge is 0.371 e. The topological polar surface area (TPSA) is 9.72 Å². The van der Waals surface area contributed by atoms with Crippen LogP contribution in [0.5, 0.6) is 0 Å². The van der Waals surface area contributed by atoms with Crippen LogP contribution in [0.2, 0.25) is 0 Å². The number of hydrogen-bond acceptors (Lipinski definition) is 3. The first-order chi connectivity index (χ1) is 13.3. The van der Waals surface area contributed by atoms with Crippen molar-refractivity contribution in [3.63, 3.8) is 0 Å². The molecule has 0 amide bonds. The molecule has 144 valence electrons. The average molecular weight is 364 g/mol. The molecule has 0 unspecified atom stereocenters. The van der Waals surface area contributed by atoms with E-state index in [0.717, 1.165) is 6.04 Å². The van der Waals surface area contributed by atoms with Gasteiger partial charge in [0, 0.05) is 57.5 Å². The highest BCUT2D eigenvalue weighted by Gasteiger charge is 2.27. The fourth-order valence-electron chi connectivity index (χ4n) is 4.67. The highest BCUT2D eigenvalue weighted by Crippen LogP contribution is 2.25. The predicted molar refractivity (Wildman–Crippen MR) is 115 cm³/mol. The van der Waals surface area contributed by atoms with E-state index < -0.39 is 0 Å². The van der Waals surface area contributed by atoms with Crippen molar-refractivity contribution in [2.75, 3.05) is 50.7 Å². The Morgan fingerprint density at radius 3 is 2.15 bits per heavy atom. The molecule has 2 aromatic carbocycles. The van der Waals surface area contributed by atoms with Crippen LogP contribution >= 0.6 is 0 Å². The van der Waals surface area contributed by atoms with Crippen LogP contribution in [0.3, 0.4) is 0 Å². The number of hydrogen-bond donors (Lipinski definition) is 0. The summed E-state index contributed by atoms with van der Waals surface area (Å²) in [4.78, 5) is 7.99. The molecule has 0 bridgehead atoms. The monoisotopic (exact) mass is 363 g/mol. The molecule has 27 heavy (non-hydrogen) atoms. The summed E-state index contributed by atoms with van der Waals surface area (Å²) in [6, 6.07) is 20.5. The summed E-state index contributed by atoms with van der Waals surface area (Å²) in [5, 5.41) is 0. The fourth-order valence-corrected chi connectivity index (χ4v) is 4.67. The van der Waals surface area contributed by atoms with Gasteiger partial charge in [-0.05, 0) is 43.4 Å². The maximum Gasteiger partial charge on any atom is 0.0395 e. The third kappa shape index (κ3) is 4.72. The van der Waals surface area contributed by atoms with E-state index >= 15 is 0 Å². The van der Waals surface area contributed by atoms with Gasteiger partial charge in [-0.3, -0.25) is 4.90 Å². The standard InChI is InChI=1S/C24H33N3/c1-21-7-5-6-10-24(21)27-15-12-23(13-16-27)26-19-17-25(18-20-26)14-11-22-8-3-2-4-9-22/h2-10,23H,11-20H2,1H3. The Morgan fingerprint density at radius 2 is 1.44 bits per heavy atom. The third-order valence-corrected chi connectivity index (χ3v) is 6.40. The second-order valence-electron chi connectivity index (χ2n) is 8.12. The lowest BCUT2D eigenvalue weighted by Gasteiger charge is -2.43. The zero-order valence-corrected chi connectivity index (χ0v) is 16.7. The Kier molecular flexibility index (Phi) is 6.10. The summed E-state index contributed by atoms with van der Waals surface area (Å²) in [5.74, 6) is 0. The summed E-state index contributed by atoms with van der Waals surface area (Å²) in [5.41, 5.74) is 4.30. The Morgan fingerprint density at radius 1 is 0.778 bits per heavy atom. The van der Waals surface area contributed by atoms with Crippen LogP contribution in [0.25, 0.3) is 0 Å². The summed E-state index contributed by atoms with van der Waals surface area (Å²) in [7, 11) is 0. The molecule has 2 fully saturated rings. The number of piperidine rings is 1. The molecule has 0 aliphatic carbocycles. The van der Waals surface area contributed by atoms with Crippen LogP contribution in [0.1, 0.15) is 24.0 Å². The van der Waals surface area contributed by atoms with Crippen molar-refractivity contribution in [2.45, 2.75) is 32.2 Å². The van der Waals surface area contributed by atoms with Crippen LogP contribution < -0.4 is 4.90 Å². The molecule has 2 heterocycles. The van der Waals surface area contributed by atoms with E-state index in [1.54, 1.807) is 0 Å². The Balaban J connectivity index is 1.21. The van der Waals surface area contributed by atoms with Crippen molar-refractivity contribution in [3.05, 3.63) is 65.7 Å². The van der Waals surface area contributed by atoms with Gasteiger partial charge in [0.25, 0.3) is 0 Å². The lowest BCUT2D eigenvalue weighted by molar-refractivity contribution is 0.0855. The highest BCUT2D eigenvalue weighted by atomic mass is 15.3. The molecular weight excluding hydrogens is 330 g/mol. The first-order valence-corrected chi connectivity index (χ1v) is 10.6. The Labute approximate surface area is 164 Å². The number of aryl methyl sites for hydroxylation is 1. The maximum atomic E-state index is 2.76. The smallest absolute Gasteiger partial charge is 0.0395 e. The summed E-state index contributed by atoms with van der Waals surface area (Å²) < 4.78 is 0. The van der Waals surface area contributed by atoms with Gasteiger partial charge in [-0.25, -0.2) is 0 Å². The second kappa shape index (κ2) is 8.90. The van der Waals surface area contributed by atoms with Gasteiger partial charge in [-0.15, -0.1) is 0 Å². The zero-order chi connectivity index (χ0) is 18.5. The molecule has 2 aliphatic heterocycles. The first-order valence-electron chi connectivity index (χ1n) is 10.6. The van der Waals surface area contributed by atoms with E-state index in [1.807, 2.05) is 0 Å². The number of para-hydroxylation sites is 1. The number of anilines is 1. The summed E-state index contributed by atoms with van der Waals surface area (Å²) in [6.07, 6.45) is 3.78. The van der Waals surface area contributed by atoms with Crippen molar-refractivity contribution < 1.29 is 0 Å². The normalized spacial score (nSPS) is 20.1. The molecule has 3 heteroatoms. The lowest BCUT2D eigenvalue weighted by Crippen LogP contribution is -2.53. The molecule has 0 spiro atoms. The SMILES string of the molecule is Cc1ccccc1N1CCC(N2CCN(CCc3ccccc3)CC2)CC1. The van der Waals surface area contributed by atoms with Crippen molar-refractivity contribution in [1.82, 2.24) is 9.80 Å². The van der Waals surface area contributed by atoms with E-state index in [4.69, 9.17) is 0 Å². The van der Waals surface area contributed by atoms with Gasteiger partial charge in [-0.2, -0.15) is 0 Å². The van der Waals surface area contributed by atoms with Gasteiger partial charge in [-0.1, -0.05) is 48.5 Å². The van der Waals surface area contributed by atoms with Gasteiger partial charge in [0.15, 0.2) is 0 Å². The molecule has 4 rings (SSSR count). The number of piperazine rings is 1. The van der Waals surface area contributed by atoms with Gasteiger partial charge < -0.3 is 9.80 Å². The van der Waals surface area contributed by atoms with E-state index in [-0.39, 0.29) is 0 Å². The molecule has 2 saturated heterocycles. The molecule has 0 atom stereocenters. The molecule has 0 aromatic heterocycles. The Bertz CT molecular complexity index is 699. The highest BCUT2D eigenvalue weighted by molar-refractivity contribution is 5.53. The van der Waals surface area contributed by atoms with E-state index in [2.05, 4.69) is 76.2 Å². The predicted octanol–water partition coefficient (Wildman–Crippen LogP) is 3.82. The van der Waals surface area contributed by atoms with Crippen LogP contribution in [0, 0.1) is 6.92 Å². The molecule has 3 nitrogen and oxygen atoms in total. The van der Waals surface area contributed by atoms with Gasteiger partial charge in [0.2, 0.25) is 0 Å². The van der Waals surface area contributed by atoms with E-state index in [0.29, 0.717) is 0 Å². The van der Waals surface area contributed by atoms with Crippen LogP contribution in [-0.2, 0) is 6.42 Å². The van der Waals surface area contributed by atoms with Crippen LogP contribution in [-0.4, -0.2) is 61.7 Å². The molecule has 2 aliphatic rings. The minimum atomic E-state index is 0.779. The average Bonchev–Trinajstić information content (AvgIpc) is 2.74. The quantitative estimate of drug-likeness (QED) is 0.799. The molecule has 0 radical (unpaired) electrons. The van der Waals surface area contributed by atoms with Crippen LogP contribution in [0.4, 0.5) is 5.69 Å². The fraction of sp³-hybridized carbons (Fsp3) is 0.500. The number of rotatable bonds is 5. The van der Waals surface area contributed by atoms with Crippen molar-refractivity contribution >= 4 is 5.69 Å². The lowest BCUT2D eigenvalue weighted by atomic mass is 10.0. The number of benzene rings is 2. The molecule has 0 N–H and O–H groups in total. The van der Waals surface area contributed by atoms with E-state index in [9.17, 15) is 0 Å². The van der Waals surface area contributed by atoms with E-state index in [1.165, 1.54) is 81.9 Å². The molecule has 0 saturated carbocycles. The van der Waals surface area contributed by atoms with Crippen molar-refractivity contribution in [2.24, 2.45) is 0 Å². The molecule has 2 aromatic rings. The van der Waals surface area contributed by atoms with Gasteiger partial charge in [0.05, 0.1) is 0 Å². The zero-order valence-electron chi connectivity index (χ0n) is 16.7. The van der Waals surface area contributed by atoms with Gasteiger partial charge in [0.1, 0.15) is 0 Å². The van der Waals surface area contributed by atoms with Crippen molar-refractivity contribution in [3.8, 4) is 0 Å². The minimum absolute atomic E-state index is 0.779. The Hall–Kier alpha value is -1.84. The number of nitrogens with zero attached hydrogens (tertiary/aromatic N) is 3. The summed E-state index contributed by atoms with van der Waals surface area (Å²) >= 11 is 0. The maximum absolute atomic E-state index is 2.76. The third-order valence-electron chi connectivity index (χ3n) is 6.40.